The van der Waals surface area contributed by atoms with Crippen LogP contribution in [0.25, 0.3) is 28.6 Å². The molecule has 0 bridgehead atoms. The number of carbonyl (C=O) groups is 1. The van der Waals surface area contributed by atoms with Gasteiger partial charge >= 0.3 is 0 Å². The molecule has 73 heavy (non-hydrogen) atoms. The number of rotatable bonds is 21. The van der Waals surface area contributed by atoms with Gasteiger partial charge in [-0.3, -0.25) is 18.5 Å². The van der Waals surface area contributed by atoms with Crippen molar-refractivity contribution in [3.8, 4) is 17.2 Å². The van der Waals surface area contributed by atoms with Crippen LogP contribution in [0.4, 0.5) is 11.6 Å². The Kier molecular flexibility index (Phi) is 16.3. The number of hydrogen-bond acceptors (Lipinski definition) is 14. The molecule has 0 spiro atoms. The zero-order chi connectivity index (χ0) is 52.9. The maximum Gasteiger partial charge on any atom is 0.294 e. The lowest BCUT2D eigenvalue weighted by Crippen LogP contribution is -2.31. The van der Waals surface area contributed by atoms with Crippen LogP contribution in [0.3, 0.4) is 0 Å². The van der Waals surface area contributed by atoms with E-state index in [-0.39, 0.29) is 67.3 Å². The van der Waals surface area contributed by atoms with Gasteiger partial charge in [-0.25, -0.2) is 9.56 Å². The van der Waals surface area contributed by atoms with E-state index in [9.17, 15) is 43.7 Å². The summed E-state index contributed by atoms with van der Waals surface area (Å²) >= 11 is 0. The van der Waals surface area contributed by atoms with Gasteiger partial charge in [-0.1, -0.05) is 57.2 Å². The predicted molar refractivity (Wildman–Crippen MR) is 277 cm³/mol. The molecule has 1 unspecified atom stereocenters. The molecule has 0 saturated heterocycles. The Morgan fingerprint density at radius 2 is 1.64 bits per heavy atom. The van der Waals surface area contributed by atoms with Crippen LogP contribution in [0.2, 0.25) is 0 Å². The summed E-state index contributed by atoms with van der Waals surface area (Å²) in [4.78, 5) is 30.2. The molecule has 2 aromatic heterocycles. The topological polar surface area (TPSA) is 301 Å². The highest BCUT2D eigenvalue weighted by atomic mass is 32.2. The van der Waals surface area contributed by atoms with Gasteiger partial charge in [0.15, 0.2) is 5.65 Å². The highest BCUT2D eigenvalue weighted by molar-refractivity contribution is 7.86. The molecule has 7 rings (SSSR count). The van der Waals surface area contributed by atoms with Gasteiger partial charge in [0.1, 0.15) is 36.7 Å². The standard InChI is InChI=1S/C50H60N8O12S3/c1-6-57(23-9-25-71(60,61)62)36-18-20-38-35(27-43(49(2,3)4)70-41(38)28-36)11-7-12-42-50(5,39-29-37(73(66,67)68)19-21-40(39)58(42)24-10-26-72(63,64)65)22-8-13-44(59)52-30-33-14-16-34(17-15-33)31-69-47-45-46(54-32-53-45)55-48(51)56-47/h7,11-12,14-21,27-29,32H,6,8-10,13,22-26,30-31H2,1-5H3,(H6-,51,52,53,54,55,56,59,60,61,62,63,64,65,66,67,68)/p+1. The minimum Gasteiger partial charge on any atom is -0.471 e. The predicted octanol–water partition coefficient (Wildman–Crippen LogP) is 6.27. The molecule has 390 valence electrons. The van der Waals surface area contributed by atoms with E-state index >= 15 is 0 Å². The first-order valence-corrected chi connectivity index (χ1v) is 28.3. The van der Waals surface area contributed by atoms with Crippen LogP contribution in [0.15, 0.2) is 100 Å². The number of benzene rings is 3. The molecule has 0 saturated carbocycles. The number of anilines is 2. The fourth-order valence-electron chi connectivity index (χ4n) is 8.88. The molecule has 23 heteroatoms. The van der Waals surface area contributed by atoms with Crippen molar-refractivity contribution in [2.45, 2.75) is 95.6 Å². The summed E-state index contributed by atoms with van der Waals surface area (Å²) in [5.74, 6) is 0.455. The van der Waals surface area contributed by atoms with Crippen LogP contribution in [-0.4, -0.2) is 95.9 Å². The second-order valence-electron chi connectivity index (χ2n) is 19.1. The summed E-state index contributed by atoms with van der Waals surface area (Å²) in [6, 6.07) is 19.4. The molecular formula is C50H61N8O12S3+. The van der Waals surface area contributed by atoms with E-state index in [2.05, 4.69) is 25.3 Å². The molecular weight excluding hydrogens is 1000 g/mol. The van der Waals surface area contributed by atoms with E-state index in [1.54, 1.807) is 6.07 Å². The number of carbonyl (C=O) groups excluding carboxylic acids is 1. The minimum atomic E-state index is -4.65. The number of fused-ring (bicyclic) bond motifs is 3. The first-order valence-electron chi connectivity index (χ1n) is 23.6. The second-order valence-corrected chi connectivity index (χ2v) is 23.7. The molecule has 2 aliphatic heterocycles. The molecule has 0 fully saturated rings. The number of nitrogens with two attached hydrogens (primary N) is 1. The fourth-order valence-corrected chi connectivity index (χ4v) is 10.4. The Balaban J connectivity index is 1.15. The first-order chi connectivity index (χ1) is 34.3. The minimum absolute atomic E-state index is 0.0182. The van der Waals surface area contributed by atoms with Crippen molar-refractivity contribution >= 4 is 65.1 Å². The molecule has 4 aromatic rings. The van der Waals surface area contributed by atoms with E-state index < -0.39 is 46.9 Å². The number of ether oxygens (including phenoxy) is 1. The van der Waals surface area contributed by atoms with Gasteiger partial charge in [0.2, 0.25) is 23.1 Å². The summed E-state index contributed by atoms with van der Waals surface area (Å²) in [7, 11) is -13.1. The number of imidazole rings is 1. The zero-order valence-electron chi connectivity index (χ0n) is 41.2. The lowest BCUT2D eigenvalue weighted by atomic mass is 9.77. The Morgan fingerprint density at radius 3 is 2.33 bits per heavy atom. The van der Waals surface area contributed by atoms with Gasteiger partial charge in [0, 0.05) is 59.8 Å². The van der Waals surface area contributed by atoms with Crippen LogP contribution >= 0.6 is 0 Å². The highest BCUT2D eigenvalue weighted by Crippen LogP contribution is 2.51. The third kappa shape index (κ3) is 13.8. The zero-order valence-corrected chi connectivity index (χ0v) is 43.6. The number of nitrogens with one attached hydrogen (secondary N) is 2. The van der Waals surface area contributed by atoms with Crippen molar-refractivity contribution in [2.24, 2.45) is 0 Å². The number of hydrogen-bond donors (Lipinski definition) is 6. The summed E-state index contributed by atoms with van der Waals surface area (Å²) in [6.07, 6.45) is 8.12. The SMILES string of the molecule is CC[N+](CCCS(=O)(=O)O)=c1ccc2c(/C=C/C=C3\N(CCCS(=O)(=O)O)c4ccc(S(=O)(=O)O)cc4C3(C)CCCC(=O)NCc3ccc(COc4nc(N)nc5nc[nH]c45)cc3)cc(C(C)(C)C)oc-2c1. The Hall–Kier alpha value is -6.50. The van der Waals surface area contributed by atoms with Gasteiger partial charge in [-0.05, 0) is 91.8 Å². The van der Waals surface area contributed by atoms with E-state index in [0.717, 1.165) is 27.6 Å². The normalized spacial score (nSPS) is 16.4. The second kappa shape index (κ2) is 21.9. The van der Waals surface area contributed by atoms with Crippen molar-refractivity contribution in [3.05, 3.63) is 124 Å². The molecule has 3 aliphatic rings. The number of amides is 1. The van der Waals surface area contributed by atoms with Crippen LogP contribution in [0.5, 0.6) is 5.88 Å². The average molecular weight is 1060 g/mol. The highest BCUT2D eigenvalue weighted by Gasteiger charge is 2.43. The van der Waals surface area contributed by atoms with Gasteiger partial charge in [0.05, 0.1) is 28.8 Å². The molecule has 7 N–H and O–H groups in total. The Morgan fingerprint density at radius 1 is 0.932 bits per heavy atom. The van der Waals surface area contributed by atoms with Crippen molar-refractivity contribution in [1.29, 1.82) is 0 Å². The van der Waals surface area contributed by atoms with E-state index in [1.807, 2.05) is 111 Å². The number of H-pyrrole nitrogens is 1. The summed E-state index contributed by atoms with van der Waals surface area (Å²) in [5.41, 5.74) is 10.4. The largest absolute Gasteiger partial charge is 0.471 e. The first kappa shape index (κ1) is 54.3. The molecule has 2 aromatic carbocycles. The van der Waals surface area contributed by atoms with E-state index in [4.69, 9.17) is 14.9 Å². The monoisotopic (exact) mass is 1060 g/mol. The smallest absolute Gasteiger partial charge is 0.294 e. The molecule has 1 atom stereocenters. The number of nitrogens with zero attached hydrogens (tertiary/aromatic N) is 5. The van der Waals surface area contributed by atoms with Crippen LogP contribution in [0, 0.1) is 0 Å². The average Bonchev–Trinajstić information content (AvgIpc) is 3.87. The van der Waals surface area contributed by atoms with Crippen LogP contribution < -0.4 is 30.6 Å². The van der Waals surface area contributed by atoms with Crippen molar-refractivity contribution in [2.75, 3.05) is 41.8 Å². The van der Waals surface area contributed by atoms with Crippen LogP contribution in [0.1, 0.15) is 94.7 Å². The number of aromatic amines is 1. The number of aromatic nitrogens is 4. The quantitative estimate of drug-likeness (QED) is 0.0342. The number of allylic oxidation sites excluding steroid dienone is 3. The van der Waals surface area contributed by atoms with Gasteiger partial charge in [-0.2, -0.15) is 35.2 Å². The molecule has 1 amide bonds. The number of nitrogen functional groups attached to an aromatic ring is 1. The van der Waals surface area contributed by atoms with E-state index in [0.29, 0.717) is 65.6 Å². The molecule has 1 aliphatic carbocycles. The molecule has 0 radical (unpaired) electrons. The third-order valence-electron chi connectivity index (χ3n) is 12.7. The van der Waals surface area contributed by atoms with Gasteiger partial charge < -0.3 is 30.1 Å². The summed E-state index contributed by atoms with van der Waals surface area (Å²) in [5, 5.41) is 3.78. The summed E-state index contributed by atoms with van der Waals surface area (Å²) in [6.45, 7) is 11.4. The fraction of sp³-hybridized carbons (Fsp3) is 0.380. The van der Waals surface area contributed by atoms with Crippen molar-refractivity contribution in [1.82, 2.24) is 29.8 Å². The maximum absolute atomic E-state index is 13.4. The molecule has 4 heterocycles. The maximum atomic E-state index is 13.4. The van der Waals surface area contributed by atoms with Gasteiger partial charge in [-0.15, -0.1) is 0 Å². The van der Waals surface area contributed by atoms with Gasteiger partial charge in [0.25, 0.3) is 30.4 Å². The molecule has 20 nitrogen and oxygen atoms in total. The van der Waals surface area contributed by atoms with Crippen molar-refractivity contribution < 1.29 is 52.9 Å². The third-order valence-corrected chi connectivity index (χ3v) is 15.1. The Labute approximate surface area is 424 Å². The van der Waals surface area contributed by atoms with Crippen LogP contribution in [-0.2, 0) is 59.1 Å². The lowest BCUT2D eigenvalue weighted by molar-refractivity contribution is -0.121. The lowest BCUT2D eigenvalue weighted by Gasteiger charge is -2.30. The van der Waals surface area contributed by atoms with Crippen molar-refractivity contribution in [3.63, 3.8) is 0 Å². The van der Waals surface area contributed by atoms with E-state index in [1.165, 1.54) is 18.5 Å². The Bertz CT molecular complexity index is 3460. The summed E-state index contributed by atoms with van der Waals surface area (Å²) < 4.78 is 115.